The molecule has 3 aromatic carbocycles. The van der Waals surface area contributed by atoms with E-state index in [4.69, 9.17) is 9.72 Å². The van der Waals surface area contributed by atoms with E-state index in [2.05, 4.69) is 45.1 Å². The molecule has 46 heavy (non-hydrogen) atoms. The number of methoxy groups -OCH3 is 1. The van der Waals surface area contributed by atoms with Crippen LogP contribution in [0, 0.1) is 0 Å². The van der Waals surface area contributed by atoms with Gasteiger partial charge >= 0.3 is 6.03 Å². The van der Waals surface area contributed by atoms with Crippen molar-refractivity contribution in [3.63, 3.8) is 0 Å². The number of hydrogen-bond acceptors (Lipinski definition) is 8. The number of piperazine rings is 1. The van der Waals surface area contributed by atoms with Gasteiger partial charge in [-0.1, -0.05) is 43.0 Å². The summed E-state index contributed by atoms with van der Waals surface area (Å²) in [6, 6.07) is 22.9. The van der Waals surface area contributed by atoms with Crippen LogP contribution in [-0.2, 0) is 17.8 Å². The Hall–Kier alpha value is -5.42. The SMILES string of the molecule is C=CC(=O)Nc1cccc(N2C(=O)N(Cc3ccccc3)CCc3cnc(Nc4ccc(N5CCN(C)CC5)cc4OC)nc32)c1. The Morgan fingerprint density at radius 3 is 2.54 bits per heavy atom. The summed E-state index contributed by atoms with van der Waals surface area (Å²) in [5, 5.41) is 6.11. The first-order valence-corrected chi connectivity index (χ1v) is 15.3. The lowest BCUT2D eigenvalue weighted by Gasteiger charge is -2.34. The van der Waals surface area contributed by atoms with Crippen LogP contribution in [0.1, 0.15) is 11.1 Å². The molecule has 1 saturated heterocycles. The van der Waals surface area contributed by atoms with Crippen molar-refractivity contribution in [1.82, 2.24) is 19.8 Å². The minimum absolute atomic E-state index is 0.228. The number of hydrogen-bond donors (Lipinski definition) is 2. The molecular weight excluding hydrogens is 580 g/mol. The first-order valence-electron chi connectivity index (χ1n) is 15.3. The maximum atomic E-state index is 14.3. The molecule has 2 aliphatic heterocycles. The first-order chi connectivity index (χ1) is 22.4. The second kappa shape index (κ2) is 13.7. The first kappa shape index (κ1) is 30.6. The third kappa shape index (κ3) is 6.79. The molecule has 1 aromatic heterocycles. The quantitative estimate of drug-likeness (QED) is 0.240. The largest absolute Gasteiger partial charge is 0.494 e. The molecule has 0 unspecified atom stereocenters. The number of rotatable bonds is 9. The van der Waals surface area contributed by atoms with Crippen LogP contribution in [0.25, 0.3) is 0 Å². The number of benzene rings is 3. The van der Waals surface area contributed by atoms with Crippen LogP contribution in [0.3, 0.4) is 0 Å². The zero-order chi connectivity index (χ0) is 32.0. The number of likely N-dealkylation sites (N-methyl/N-ethyl adjacent to an activating group) is 1. The van der Waals surface area contributed by atoms with Crippen LogP contribution in [0.2, 0.25) is 0 Å². The Morgan fingerprint density at radius 2 is 1.78 bits per heavy atom. The third-order valence-corrected chi connectivity index (χ3v) is 8.24. The van der Waals surface area contributed by atoms with Gasteiger partial charge in [0.25, 0.3) is 0 Å². The van der Waals surface area contributed by atoms with Crippen LogP contribution in [-0.4, -0.2) is 78.6 Å². The molecule has 3 amide bonds. The van der Waals surface area contributed by atoms with Gasteiger partial charge in [-0.05, 0) is 55.4 Å². The molecule has 0 spiro atoms. The summed E-state index contributed by atoms with van der Waals surface area (Å²) in [4.78, 5) is 44.0. The lowest BCUT2D eigenvalue weighted by molar-refractivity contribution is -0.111. The van der Waals surface area contributed by atoms with Crippen LogP contribution in [0.4, 0.5) is 39.3 Å². The Morgan fingerprint density at radius 1 is 0.978 bits per heavy atom. The highest BCUT2D eigenvalue weighted by Gasteiger charge is 2.31. The highest BCUT2D eigenvalue weighted by Crippen LogP contribution is 2.36. The number of ether oxygens (including phenoxy) is 1. The molecule has 0 saturated carbocycles. The smallest absolute Gasteiger partial charge is 0.330 e. The molecule has 0 atom stereocenters. The molecule has 6 rings (SSSR count). The second-order valence-corrected chi connectivity index (χ2v) is 11.4. The van der Waals surface area contributed by atoms with Crippen LogP contribution in [0.15, 0.2) is 91.6 Å². The van der Waals surface area contributed by atoms with Crippen LogP contribution < -0.4 is 25.2 Å². The van der Waals surface area contributed by atoms with Crippen molar-refractivity contribution in [2.75, 3.05) is 67.3 Å². The van der Waals surface area contributed by atoms with Crippen molar-refractivity contribution in [2.45, 2.75) is 13.0 Å². The van der Waals surface area contributed by atoms with Gasteiger partial charge in [0.1, 0.15) is 11.6 Å². The lowest BCUT2D eigenvalue weighted by atomic mass is 10.2. The van der Waals surface area contributed by atoms with E-state index in [1.165, 1.54) is 6.08 Å². The van der Waals surface area contributed by atoms with E-state index >= 15 is 0 Å². The molecular formula is C35H38N8O3. The molecule has 3 heterocycles. The van der Waals surface area contributed by atoms with Crippen molar-refractivity contribution in [1.29, 1.82) is 0 Å². The predicted octanol–water partition coefficient (Wildman–Crippen LogP) is 5.42. The minimum atomic E-state index is -0.341. The summed E-state index contributed by atoms with van der Waals surface area (Å²) in [5.41, 5.74) is 4.76. The Kier molecular flexibility index (Phi) is 9.11. The number of aromatic nitrogens is 2. The fourth-order valence-electron chi connectivity index (χ4n) is 5.68. The van der Waals surface area contributed by atoms with Crippen molar-refractivity contribution >= 4 is 46.5 Å². The van der Waals surface area contributed by atoms with Gasteiger partial charge in [-0.15, -0.1) is 0 Å². The van der Waals surface area contributed by atoms with Crippen molar-refractivity contribution in [3.8, 4) is 5.75 Å². The molecule has 2 aliphatic rings. The Bertz CT molecular complexity index is 1720. The van der Waals surface area contributed by atoms with Crippen molar-refractivity contribution in [2.24, 2.45) is 0 Å². The van der Waals surface area contributed by atoms with Crippen LogP contribution in [0.5, 0.6) is 5.75 Å². The van der Waals surface area contributed by atoms with Gasteiger partial charge in [-0.25, -0.2) is 14.7 Å². The number of amides is 3. The normalized spacial score (nSPS) is 15.2. The number of carbonyl (C=O) groups excluding carboxylic acids is 2. The molecule has 0 bridgehead atoms. The fourth-order valence-corrected chi connectivity index (χ4v) is 5.68. The van der Waals surface area contributed by atoms with E-state index in [1.54, 1.807) is 41.3 Å². The Labute approximate surface area is 269 Å². The van der Waals surface area contributed by atoms with Gasteiger partial charge in [0.2, 0.25) is 11.9 Å². The van der Waals surface area contributed by atoms with Crippen LogP contribution >= 0.6 is 0 Å². The van der Waals surface area contributed by atoms with E-state index in [1.807, 2.05) is 48.5 Å². The summed E-state index contributed by atoms with van der Waals surface area (Å²) < 4.78 is 5.77. The summed E-state index contributed by atoms with van der Waals surface area (Å²) in [7, 11) is 3.78. The zero-order valence-electron chi connectivity index (χ0n) is 26.1. The monoisotopic (exact) mass is 618 g/mol. The van der Waals surface area contributed by atoms with Gasteiger partial charge < -0.3 is 30.1 Å². The van der Waals surface area contributed by atoms with Crippen molar-refractivity contribution < 1.29 is 14.3 Å². The highest BCUT2D eigenvalue weighted by molar-refractivity contribution is 6.02. The van der Waals surface area contributed by atoms with E-state index < -0.39 is 0 Å². The second-order valence-electron chi connectivity index (χ2n) is 11.4. The summed E-state index contributed by atoms with van der Waals surface area (Å²) in [6.45, 7) is 8.38. The zero-order valence-corrected chi connectivity index (χ0v) is 26.1. The topological polar surface area (TPSA) is 106 Å². The predicted molar refractivity (Wildman–Crippen MR) is 181 cm³/mol. The summed E-state index contributed by atoms with van der Waals surface area (Å²) >= 11 is 0. The van der Waals surface area contributed by atoms with E-state index in [-0.39, 0.29) is 11.9 Å². The molecule has 11 heteroatoms. The maximum Gasteiger partial charge on any atom is 0.330 e. The van der Waals surface area contributed by atoms with E-state index in [9.17, 15) is 9.59 Å². The van der Waals surface area contributed by atoms with Gasteiger partial charge in [0, 0.05) is 68.5 Å². The van der Waals surface area contributed by atoms with E-state index in [0.717, 1.165) is 43.0 Å². The summed E-state index contributed by atoms with van der Waals surface area (Å²) in [6.07, 6.45) is 3.55. The van der Waals surface area contributed by atoms with Gasteiger partial charge in [-0.3, -0.25) is 4.79 Å². The number of anilines is 6. The average Bonchev–Trinajstić information content (AvgIpc) is 3.21. The summed E-state index contributed by atoms with van der Waals surface area (Å²) in [5.74, 6) is 1.13. The molecule has 11 nitrogen and oxygen atoms in total. The number of fused-ring (bicyclic) bond motifs is 1. The van der Waals surface area contributed by atoms with Gasteiger partial charge in [-0.2, -0.15) is 4.98 Å². The van der Waals surface area contributed by atoms with Crippen molar-refractivity contribution in [3.05, 3.63) is 103 Å². The maximum absolute atomic E-state index is 14.3. The standard InChI is InChI=1S/C35H38N8O3/c1-4-32(44)37-27-11-8-12-29(21-27)43-33-26(15-16-42(35(43)45)24-25-9-6-5-7-10-25)23-36-34(39-33)38-30-14-13-28(22-31(30)46-3)41-19-17-40(2)18-20-41/h4-14,21-23H,1,15-20,24H2,2-3H3,(H,37,44)(H,36,38,39). The molecule has 0 radical (unpaired) electrons. The molecule has 1 fully saturated rings. The highest BCUT2D eigenvalue weighted by atomic mass is 16.5. The lowest BCUT2D eigenvalue weighted by Crippen LogP contribution is -2.44. The molecule has 2 N–H and O–H groups in total. The third-order valence-electron chi connectivity index (χ3n) is 8.24. The van der Waals surface area contributed by atoms with E-state index in [0.29, 0.717) is 54.1 Å². The molecule has 4 aromatic rings. The minimum Gasteiger partial charge on any atom is -0.494 e. The Balaban J connectivity index is 1.34. The van der Waals surface area contributed by atoms with Gasteiger partial charge in [0.05, 0.1) is 18.5 Å². The number of nitrogens with one attached hydrogen (secondary N) is 2. The average molecular weight is 619 g/mol. The molecule has 236 valence electrons. The molecule has 0 aliphatic carbocycles. The van der Waals surface area contributed by atoms with Gasteiger partial charge in [0.15, 0.2) is 0 Å². The number of carbonyl (C=O) groups is 2. The fraction of sp³-hybridized carbons (Fsp3) is 0.257. The number of nitrogens with zero attached hydrogens (tertiary/aromatic N) is 6. The number of urea groups is 1.